The number of rotatable bonds is 10. The Hall–Kier alpha value is -5.45. The zero-order valence-corrected chi connectivity index (χ0v) is 25.8. The molecule has 4 N–H and O–H groups in total. The van der Waals surface area contributed by atoms with E-state index >= 15 is 4.39 Å². The molecule has 0 spiro atoms. The Morgan fingerprint density at radius 2 is 1.96 bits per heavy atom. The third-order valence-electron chi connectivity index (χ3n) is 8.08. The summed E-state index contributed by atoms with van der Waals surface area (Å²) in [7, 11) is 0. The van der Waals surface area contributed by atoms with Crippen LogP contribution in [0.25, 0.3) is 22.0 Å². The summed E-state index contributed by atoms with van der Waals surface area (Å²) < 4.78 is 23.9. The van der Waals surface area contributed by atoms with Crippen molar-refractivity contribution in [2.45, 2.75) is 32.9 Å². The van der Waals surface area contributed by atoms with Gasteiger partial charge in [-0.2, -0.15) is 0 Å². The van der Waals surface area contributed by atoms with Crippen LogP contribution in [0.15, 0.2) is 79.1 Å². The molecule has 0 bridgehead atoms. The Morgan fingerprint density at radius 1 is 1.13 bits per heavy atom. The quantitative estimate of drug-likeness (QED) is 0.202. The summed E-state index contributed by atoms with van der Waals surface area (Å²) in [6.45, 7) is 4.80. The minimum Gasteiger partial charge on any atom is -0.491 e. The first-order valence-corrected chi connectivity index (χ1v) is 15.4. The van der Waals surface area contributed by atoms with Crippen molar-refractivity contribution in [3.05, 3.63) is 102 Å². The highest BCUT2D eigenvalue weighted by Crippen LogP contribution is 2.36. The molecular weight excluding hydrogens is 585 g/mol. The van der Waals surface area contributed by atoms with E-state index in [1.807, 2.05) is 74.5 Å². The number of benzene rings is 3. The molecule has 6 rings (SSSR count). The molecule has 1 unspecified atom stereocenters. The molecule has 1 fully saturated rings. The summed E-state index contributed by atoms with van der Waals surface area (Å²) in [6, 6.07) is 19.8. The second kappa shape index (κ2) is 13.3. The molecule has 1 saturated heterocycles. The van der Waals surface area contributed by atoms with Gasteiger partial charge in [0.15, 0.2) is 11.6 Å². The fourth-order valence-electron chi connectivity index (χ4n) is 5.73. The number of nitrogens with two attached hydrogens (primary N) is 1. The lowest BCUT2D eigenvalue weighted by atomic mass is 9.99. The number of amides is 2. The standard InChI is InChI=1S/C35H36FN7O3/c1-3-22-16-27(32(36)29(17-22)46-4-2)33(40-25-10-11-26-24(18-25)12-13-39-34(26)37)35-41-28(23-8-6-5-7-9-23)19-43(35)21-31(45)42-15-14-38-30(44)20-42/h5-13,16-19,33,40H,3-4,14-15,20-21H2,1-2H3,(H2,37,39)(H,38,44). The highest BCUT2D eigenvalue weighted by atomic mass is 19.1. The lowest BCUT2D eigenvalue weighted by Crippen LogP contribution is -2.50. The molecule has 2 aromatic heterocycles. The van der Waals surface area contributed by atoms with Crippen LogP contribution in [0.1, 0.15) is 36.8 Å². The number of ether oxygens (including phenoxy) is 1. The van der Waals surface area contributed by atoms with Gasteiger partial charge in [0.2, 0.25) is 11.8 Å². The van der Waals surface area contributed by atoms with Crippen LogP contribution >= 0.6 is 0 Å². The van der Waals surface area contributed by atoms with Crippen LogP contribution in [0.2, 0.25) is 0 Å². The van der Waals surface area contributed by atoms with E-state index in [1.54, 1.807) is 23.0 Å². The zero-order valence-electron chi connectivity index (χ0n) is 25.8. The number of nitrogens with one attached hydrogen (secondary N) is 2. The van der Waals surface area contributed by atoms with Gasteiger partial charge >= 0.3 is 0 Å². The molecule has 1 atom stereocenters. The van der Waals surface area contributed by atoms with Gasteiger partial charge in [-0.15, -0.1) is 0 Å². The van der Waals surface area contributed by atoms with E-state index in [0.717, 1.165) is 21.9 Å². The molecule has 5 aromatic rings. The number of piperazine rings is 1. The number of carbonyl (C=O) groups excluding carboxylic acids is 2. The fraction of sp³-hybridized carbons (Fsp3) is 0.257. The number of nitrogens with zero attached hydrogens (tertiary/aromatic N) is 4. The average molecular weight is 622 g/mol. The number of aromatic nitrogens is 3. The molecular formula is C35H36FN7O3. The molecule has 3 aromatic carbocycles. The van der Waals surface area contributed by atoms with Gasteiger partial charge in [0.25, 0.3) is 0 Å². The van der Waals surface area contributed by atoms with E-state index in [2.05, 4.69) is 15.6 Å². The second-order valence-corrected chi connectivity index (χ2v) is 11.1. The van der Waals surface area contributed by atoms with Crippen LogP contribution in [0.3, 0.4) is 0 Å². The molecule has 1 aliphatic heterocycles. The highest BCUT2D eigenvalue weighted by molar-refractivity contribution is 5.93. The number of halogens is 1. The Balaban J connectivity index is 1.51. The van der Waals surface area contributed by atoms with Gasteiger partial charge in [0.1, 0.15) is 24.2 Å². The number of aryl methyl sites for hydroxylation is 1. The Kier molecular flexibility index (Phi) is 8.82. The molecule has 0 radical (unpaired) electrons. The maximum atomic E-state index is 16.4. The van der Waals surface area contributed by atoms with Gasteiger partial charge in [-0.25, -0.2) is 14.4 Å². The largest absolute Gasteiger partial charge is 0.491 e. The van der Waals surface area contributed by atoms with Gasteiger partial charge in [-0.3, -0.25) is 9.59 Å². The predicted molar refractivity (Wildman–Crippen MR) is 176 cm³/mol. The Labute approximate surface area is 266 Å². The van der Waals surface area contributed by atoms with Crippen LogP contribution in [-0.2, 0) is 22.6 Å². The number of anilines is 2. The number of fused-ring (bicyclic) bond motifs is 1. The topological polar surface area (TPSA) is 127 Å². The van der Waals surface area contributed by atoms with Crippen LogP contribution < -0.4 is 21.1 Å². The summed E-state index contributed by atoms with van der Waals surface area (Å²) in [5.41, 5.74) is 9.49. The minimum absolute atomic E-state index is 0.0178. The molecule has 236 valence electrons. The van der Waals surface area contributed by atoms with E-state index in [9.17, 15) is 9.59 Å². The summed E-state index contributed by atoms with van der Waals surface area (Å²) >= 11 is 0. The van der Waals surface area contributed by atoms with Crippen molar-refractivity contribution in [1.82, 2.24) is 24.8 Å². The lowest BCUT2D eigenvalue weighted by molar-refractivity contribution is -0.138. The number of pyridine rings is 1. The second-order valence-electron chi connectivity index (χ2n) is 11.1. The fourth-order valence-corrected chi connectivity index (χ4v) is 5.73. The summed E-state index contributed by atoms with van der Waals surface area (Å²) in [5.74, 6) is 0.0370. The first-order chi connectivity index (χ1) is 22.3. The molecule has 2 amide bonds. The highest BCUT2D eigenvalue weighted by Gasteiger charge is 2.29. The molecule has 11 heteroatoms. The van der Waals surface area contributed by atoms with Gasteiger partial charge in [-0.05, 0) is 54.6 Å². The third kappa shape index (κ3) is 6.35. The molecule has 3 heterocycles. The molecule has 10 nitrogen and oxygen atoms in total. The summed E-state index contributed by atoms with van der Waals surface area (Å²) in [4.78, 5) is 36.4. The predicted octanol–water partition coefficient (Wildman–Crippen LogP) is 4.94. The van der Waals surface area contributed by atoms with Crippen molar-refractivity contribution in [1.29, 1.82) is 0 Å². The average Bonchev–Trinajstić information content (AvgIpc) is 3.48. The van der Waals surface area contributed by atoms with Crippen LogP contribution in [-0.4, -0.2) is 57.5 Å². The van der Waals surface area contributed by atoms with Crippen LogP contribution in [0.5, 0.6) is 5.75 Å². The first-order valence-electron chi connectivity index (χ1n) is 15.4. The number of nitrogen functional groups attached to an aromatic ring is 1. The van der Waals surface area contributed by atoms with Gasteiger partial charge in [-0.1, -0.05) is 43.3 Å². The van der Waals surface area contributed by atoms with E-state index < -0.39 is 11.9 Å². The number of hydrogen-bond donors (Lipinski definition) is 3. The maximum Gasteiger partial charge on any atom is 0.243 e. The molecule has 0 aliphatic carbocycles. The number of carbonyl (C=O) groups is 2. The van der Waals surface area contributed by atoms with Crippen molar-refractivity contribution >= 4 is 34.1 Å². The number of imidazole rings is 1. The smallest absolute Gasteiger partial charge is 0.243 e. The van der Waals surface area contributed by atoms with Crippen molar-refractivity contribution in [2.75, 3.05) is 37.3 Å². The molecule has 0 saturated carbocycles. The Bertz CT molecular complexity index is 1890. The first kappa shape index (κ1) is 30.6. The van der Waals surface area contributed by atoms with Crippen molar-refractivity contribution in [3.8, 4) is 17.0 Å². The van der Waals surface area contributed by atoms with Gasteiger partial charge in [0.05, 0.1) is 18.8 Å². The lowest BCUT2D eigenvalue weighted by Gasteiger charge is -2.28. The van der Waals surface area contributed by atoms with Crippen LogP contribution in [0.4, 0.5) is 15.9 Å². The van der Waals surface area contributed by atoms with E-state index in [0.29, 0.717) is 54.7 Å². The molecule has 46 heavy (non-hydrogen) atoms. The Morgan fingerprint density at radius 3 is 2.72 bits per heavy atom. The monoisotopic (exact) mass is 621 g/mol. The number of hydrogen-bond acceptors (Lipinski definition) is 7. The maximum absolute atomic E-state index is 16.4. The SMILES string of the molecule is CCOc1cc(CC)cc(C(Nc2ccc3c(N)nccc3c2)c2nc(-c3ccccc3)cn2CC(=O)N2CCNC(=O)C2)c1F. The van der Waals surface area contributed by atoms with Gasteiger partial charge in [0, 0.05) is 47.7 Å². The summed E-state index contributed by atoms with van der Waals surface area (Å²) in [6.07, 6.45) is 4.10. The van der Waals surface area contributed by atoms with Crippen LogP contribution in [0, 0.1) is 5.82 Å². The summed E-state index contributed by atoms with van der Waals surface area (Å²) in [5, 5.41) is 7.94. The van der Waals surface area contributed by atoms with Gasteiger partial charge < -0.3 is 30.6 Å². The van der Waals surface area contributed by atoms with E-state index in [4.69, 9.17) is 15.5 Å². The molecule has 1 aliphatic rings. The third-order valence-corrected chi connectivity index (χ3v) is 8.08. The zero-order chi connectivity index (χ0) is 32.2. The van der Waals surface area contributed by atoms with E-state index in [1.165, 1.54) is 4.90 Å². The van der Waals surface area contributed by atoms with E-state index in [-0.39, 0.29) is 30.7 Å². The minimum atomic E-state index is -0.836. The van der Waals surface area contributed by atoms with Crippen molar-refractivity contribution in [2.24, 2.45) is 0 Å². The van der Waals surface area contributed by atoms with Crippen molar-refractivity contribution < 1.29 is 18.7 Å². The normalized spacial score (nSPS) is 13.8. The van der Waals surface area contributed by atoms with Crippen molar-refractivity contribution in [3.63, 3.8) is 0 Å².